The van der Waals surface area contributed by atoms with Gasteiger partial charge in [-0.15, -0.1) is 11.3 Å². The molecule has 1 amide bonds. The highest BCUT2D eigenvalue weighted by Crippen LogP contribution is 2.27. The maximum atomic E-state index is 12.3. The van der Waals surface area contributed by atoms with E-state index in [9.17, 15) is 4.79 Å². The average molecular weight is 289 g/mol. The molecule has 1 fully saturated rings. The van der Waals surface area contributed by atoms with Crippen LogP contribution >= 0.6 is 11.3 Å². The number of thiazole rings is 1. The number of rotatable bonds is 2. The number of para-hydroxylation sites is 1. The Balaban J connectivity index is 1.85. The van der Waals surface area contributed by atoms with Crippen LogP contribution in [-0.2, 0) is 11.3 Å². The minimum Gasteiger partial charge on any atom is -0.343 e. The zero-order valence-electron chi connectivity index (χ0n) is 12.1. The van der Waals surface area contributed by atoms with E-state index in [2.05, 4.69) is 16.0 Å². The minimum absolute atomic E-state index is 0.185. The summed E-state index contributed by atoms with van der Waals surface area (Å²) in [6.07, 6.45) is 0. The summed E-state index contributed by atoms with van der Waals surface area (Å²) >= 11 is 1.72. The van der Waals surface area contributed by atoms with Crippen molar-refractivity contribution in [2.45, 2.75) is 25.9 Å². The van der Waals surface area contributed by atoms with Gasteiger partial charge in [-0.2, -0.15) is 0 Å². The molecule has 0 saturated carbocycles. The standard InChI is InChI=1S/C15H19N3OS/c1-15(2)14(19)17(3)8-9-18(15)10-13-16-11-6-4-5-7-12(11)20-13/h4-7H,8-10H2,1-3H3. The van der Waals surface area contributed by atoms with Crippen LogP contribution in [0.5, 0.6) is 0 Å². The van der Waals surface area contributed by atoms with Crippen LogP contribution in [0, 0.1) is 0 Å². The number of carbonyl (C=O) groups excluding carboxylic acids is 1. The third kappa shape index (κ3) is 2.21. The molecule has 0 radical (unpaired) electrons. The van der Waals surface area contributed by atoms with E-state index in [-0.39, 0.29) is 5.91 Å². The maximum Gasteiger partial charge on any atom is 0.242 e. The Bertz CT molecular complexity index is 616. The van der Waals surface area contributed by atoms with Gasteiger partial charge in [-0.25, -0.2) is 4.98 Å². The first kappa shape index (κ1) is 13.5. The van der Waals surface area contributed by atoms with E-state index in [1.807, 2.05) is 44.0 Å². The van der Waals surface area contributed by atoms with E-state index in [0.29, 0.717) is 0 Å². The van der Waals surface area contributed by atoms with E-state index in [4.69, 9.17) is 0 Å². The highest BCUT2D eigenvalue weighted by molar-refractivity contribution is 7.18. The molecule has 3 rings (SSSR count). The molecule has 5 heteroatoms. The molecule has 1 aromatic heterocycles. The smallest absolute Gasteiger partial charge is 0.242 e. The van der Waals surface area contributed by atoms with Gasteiger partial charge < -0.3 is 4.90 Å². The number of nitrogens with zero attached hydrogens (tertiary/aromatic N) is 3. The molecule has 20 heavy (non-hydrogen) atoms. The second kappa shape index (κ2) is 4.82. The third-order valence-electron chi connectivity index (χ3n) is 4.03. The molecule has 106 valence electrons. The predicted octanol–water partition coefficient (Wildman–Crippen LogP) is 2.35. The molecule has 0 unspecified atom stereocenters. The number of amides is 1. The van der Waals surface area contributed by atoms with Crippen LogP contribution in [0.4, 0.5) is 0 Å². The lowest BCUT2D eigenvalue weighted by molar-refractivity contribution is -0.147. The molecule has 0 aliphatic carbocycles. The molecular formula is C15H19N3OS. The third-order valence-corrected chi connectivity index (χ3v) is 5.05. The quantitative estimate of drug-likeness (QED) is 0.851. The molecule has 1 saturated heterocycles. The van der Waals surface area contributed by atoms with Crippen LogP contribution in [0.1, 0.15) is 18.9 Å². The van der Waals surface area contributed by atoms with Crippen molar-refractivity contribution in [1.82, 2.24) is 14.8 Å². The monoisotopic (exact) mass is 289 g/mol. The summed E-state index contributed by atoms with van der Waals surface area (Å²) in [6, 6.07) is 8.18. The van der Waals surface area contributed by atoms with E-state index in [0.717, 1.165) is 30.2 Å². The summed E-state index contributed by atoms with van der Waals surface area (Å²) in [6.45, 7) is 6.42. The van der Waals surface area contributed by atoms with Crippen molar-refractivity contribution in [3.05, 3.63) is 29.3 Å². The number of likely N-dealkylation sites (N-methyl/N-ethyl adjacent to an activating group) is 1. The summed E-state index contributed by atoms with van der Waals surface area (Å²) in [5, 5.41) is 1.08. The molecule has 4 nitrogen and oxygen atoms in total. The fourth-order valence-electron chi connectivity index (χ4n) is 2.68. The van der Waals surface area contributed by atoms with E-state index >= 15 is 0 Å². The Hall–Kier alpha value is -1.46. The molecule has 0 atom stereocenters. The Labute approximate surface area is 123 Å². The molecule has 0 bridgehead atoms. The molecular weight excluding hydrogens is 270 g/mol. The van der Waals surface area contributed by atoms with Gasteiger partial charge in [-0.1, -0.05) is 12.1 Å². The van der Waals surface area contributed by atoms with Crippen molar-refractivity contribution in [3.63, 3.8) is 0 Å². The Kier molecular flexibility index (Phi) is 3.26. The van der Waals surface area contributed by atoms with Crippen molar-refractivity contribution >= 4 is 27.5 Å². The summed E-state index contributed by atoms with van der Waals surface area (Å²) in [5.41, 5.74) is 0.593. The fourth-order valence-corrected chi connectivity index (χ4v) is 3.66. The van der Waals surface area contributed by atoms with E-state index in [1.165, 1.54) is 4.70 Å². The van der Waals surface area contributed by atoms with Crippen LogP contribution < -0.4 is 0 Å². The van der Waals surface area contributed by atoms with Gasteiger partial charge in [0.25, 0.3) is 0 Å². The molecule has 2 heterocycles. The largest absolute Gasteiger partial charge is 0.343 e. The first-order chi connectivity index (χ1) is 9.48. The van der Waals surface area contributed by atoms with Crippen LogP contribution in [0.3, 0.4) is 0 Å². The van der Waals surface area contributed by atoms with Gasteiger partial charge in [-0.3, -0.25) is 9.69 Å². The van der Waals surface area contributed by atoms with Crippen molar-refractivity contribution in [3.8, 4) is 0 Å². The number of hydrogen-bond acceptors (Lipinski definition) is 4. The lowest BCUT2D eigenvalue weighted by atomic mass is 9.98. The minimum atomic E-state index is -0.454. The van der Waals surface area contributed by atoms with E-state index < -0.39 is 5.54 Å². The van der Waals surface area contributed by atoms with Gasteiger partial charge in [0.05, 0.1) is 22.3 Å². The SMILES string of the molecule is CN1CCN(Cc2nc3ccccc3s2)C(C)(C)C1=O. The van der Waals surface area contributed by atoms with Gasteiger partial charge in [0.2, 0.25) is 5.91 Å². The van der Waals surface area contributed by atoms with Gasteiger partial charge in [-0.05, 0) is 26.0 Å². The Morgan fingerprint density at radius 3 is 2.80 bits per heavy atom. The highest BCUT2D eigenvalue weighted by Gasteiger charge is 2.40. The van der Waals surface area contributed by atoms with Crippen LogP contribution in [0.15, 0.2) is 24.3 Å². The highest BCUT2D eigenvalue weighted by atomic mass is 32.1. The van der Waals surface area contributed by atoms with Crippen LogP contribution in [-0.4, -0.2) is 46.4 Å². The van der Waals surface area contributed by atoms with Crippen molar-refractivity contribution in [1.29, 1.82) is 0 Å². The van der Waals surface area contributed by atoms with Crippen molar-refractivity contribution in [2.24, 2.45) is 0 Å². The first-order valence-corrected chi connectivity index (χ1v) is 7.65. The molecule has 1 aliphatic heterocycles. The topological polar surface area (TPSA) is 36.4 Å². The van der Waals surface area contributed by atoms with Gasteiger partial charge in [0.15, 0.2) is 0 Å². The molecule has 0 N–H and O–H groups in total. The molecule has 1 aromatic carbocycles. The second-order valence-electron chi connectivity index (χ2n) is 5.78. The number of fused-ring (bicyclic) bond motifs is 1. The number of benzene rings is 1. The van der Waals surface area contributed by atoms with Crippen LogP contribution in [0.25, 0.3) is 10.2 Å². The number of carbonyl (C=O) groups is 1. The van der Waals surface area contributed by atoms with Crippen molar-refractivity contribution < 1.29 is 4.79 Å². The molecule has 2 aromatic rings. The van der Waals surface area contributed by atoms with Gasteiger partial charge >= 0.3 is 0 Å². The first-order valence-electron chi connectivity index (χ1n) is 6.83. The van der Waals surface area contributed by atoms with E-state index in [1.54, 1.807) is 11.3 Å². The average Bonchev–Trinajstić information content (AvgIpc) is 2.82. The zero-order valence-corrected chi connectivity index (χ0v) is 12.9. The number of piperazine rings is 1. The van der Waals surface area contributed by atoms with Gasteiger partial charge in [0.1, 0.15) is 5.01 Å². The summed E-state index contributed by atoms with van der Waals surface area (Å²) < 4.78 is 1.21. The Morgan fingerprint density at radius 1 is 1.30 bits per heavy atom. The Morgan fingerprint density at radius 2 is 2.05 bits per heavy atom. The summed E-state index contributed by atoms with van der Waals surface area (Å²) in [4.78, 5) is 21.0. The lowest BCUT2D eigenvalue weighted by Gasteiger charge is -2.44. The number of hydrogen-bond donors (Lipinski definition) is 0. The fraction of sp³-hybridized carbons (Fsp3) is 0.467. The summed E-state index contributed by atoms with van der Waals surface area (Å²) in [5.74, 6) is 0.185. The molecule has 1 aliphatic rings. The summed E-state index contributed by atoms with van der Waals surface area (Å²) in [7, 11) is 1.87. The second-order valence-corrected chi connectivity index (χ2v) is 6.90. The number of aromatic nitrogens is 1. The van der Waals surface area contributed by atoms with Crippen LogP contribution in [0.2, 0.25) is 0 Å². The maximum absolute atomic E-state index is 12.3. The normalized spacial score (nSPS) is 19.8. The van der Waals surface area contributed by atoms with Gasteiger partial charge in [0, 0.05) is 20.1 Å². The van der Waals surface area contributed by atoms with Crippen molar-refractivity contribution in [2.75, 3.05) is 20.1 Å². The predicted molar refractivity (Wildman–Crippen MR) is 81.7 cm³/mol. The molecule has 0 spiro atoms. The zero-order chi connectivity index (χ0) is 14.3. The lowest BCUT2D eigenvalue weighted by Crippen LogP contribution is -2.61.